The Kier molecular flexibility index (Phi) is 8.38. The highest BCUT2D eigenvalue weighted by atomic mass is 35.5. The number of hydrogen-bond acceptors (Lipinski definition) is 7. The number of carbonyl (C=O) groups is 3. The quantitative estimate of drug-likeness (QED) is 0.449. The van der Waals surface area contributed by atoms with Crippen LogP contribution in [0.4, 0.5) is 0 Å². The highest BCUT2D eigenvalue weighted by Gasteiger charge is 2.40. The van der Waals surface area contributed by atoms with E-state index in [-0.39, 0.29) is 49.3 Å². The molecule has 0 radical (unpaired) electrons. The number of carbonyl (C=O) groups excluding carboxylic acids is 3. The summed E-state index contributed by atoms with van der Waals surface area (Å²) in [6.45, 7) is 2.31. The first-order valence-corrected chi connectivity index (χ1v) is 13.7. The van der Waals surface area contributed by atoms with Gasteiger partial charge in [0, 0.05) is 31.2 Å². The van der Waals surface area contributed by atoms with Gasteiger partial charge in [0.2, 0.25) is 15.2 Å². The van der Waals surface area contributed by atoms with Crippen molar-refractivity contribution in [1.29, 1.82) is 0 Å². The van der Waals surface area contributed by atoms with Gasteiger partial charge in [-0.3, -0.25) is 14.4 Å². The van der Waals surface area contributed by atoms with Gasteiger partial charge in [0.15, 0.2) is 12.4 Å². The number of hydrogen-bond donors (Lipinski definition) is 1. The van der Waals surface area contributed by atoms with Gasteiger partial charge in [-0.2, -0.15) is 0 Å². The number of ether oxygens (including phenoxy) is 1. The van der Waals surface area contributed by atoms with Crippen LogP contribution in [0.3, 0.4) is 0 Å². The molecule has 10 nitrogen and oxygen atoms in total. The fourth-order valence-corrected chi connectivity index (χ4v) is 5.43. The second-order valence-corrected chi connectivity index (χ2v) is 11.1. The Hall–Kier alpha value is -3.83. The molecule has 2 aromatic carbocycles. The zero-order valence-electron chi connectivity index (χ0n) is 20.5. The van der Waals surface area contributed by atoms with Gasteiger partial charge in [-0.15, -0.1) is 0 Å². The minimum absolute atomic E-state index is 0.0817. The highest BCUT2D eigenvalue weighted by molar-refractivity contribution is 7.92. The van der Waals surface area contributed by atoms with Crippen molar-refractivity contribution in [3.63, 3.8) is 0 Å². The summed E-state index contributed by atoms with van der Waals surface area (Å²) in [6.07, 6.45) is 1.26. The lowest BCUT2D eigenvalue weighted by molar-refractivity contribution is -0.140. The van der Waals surface area contributed by atoms with Crippen LogP contribution in [0, 0.1) is 6.92 Å². The first kappa shape index (κ1) is 27.2. The normalized spacial score (nSPS) is 14.6. The van der Waals surface area contributed by atoms with Crippen LogP contribution in [-0.4, -0.2) is 74.1 Å². The van der Waals surface area contributed by atoms with Crippen molar-refractivity contribution >= 4 is 39.2 Å². The molecule has 1 fully saturated rings. The maximum absolute atomic E-state index is 13.5. The van der Waals surface area contributed by atoms with Gasteiger partial charge in [0.1, 0.15) is 5.75 Å². The minimum atomic E-state index is -4.35. The average Bonchev–Trinajstić information content (AvgIpc) is 3.46. The molecule has 1 N–H and O–H groups in total. The summed E-state index contributed by atoms with van der Waals surface area (Å²) < 4.78 is 37.5. The van der Waals surface area contributed by atoms with Crippen molar-refractivity contribution in [2.24, 2.45) is 0 Å². The topological polar surface area (TPSA) is 126 Å². The van der Waals surface area contributed by atoms with Crippen molar-refractivity contribution in [3.8, 4) is 5.75 Å². The van der Waals surface area contributed by atoms with E-state index in [1.165, 1.54) is 47.6 Å². The number of halogens is 1. The van der Waals surface area contributed by atoms with Crippen molar-refractivity contribution in [1.82, 2.24) is 15.1 Å². The van der Waals surface area contributed by atoms with Crippen molar-refractivity contribution in [3.05, 3.63) is 83.3 Å². The Balaban J connectivity index is 1.44. The number of nitrogens with zero attached hydrogens (tertiary/aromatic N) is 2. The second kappa shape index (κ2) is 11.7. The molecule has 3 aromatic rings. The molecular weight excluding hydrogens is 534 g/mol. The molecule has 0 aliphatic carbocycles. The van der Waals surface area contributed by atoms with Crippen LogP contribution in [0.15, 0.2) is 76.2 Å². The van der Waals surface area contributed by atoms with Crippen molar-refractivity contribution in [2.45, 2.75) is 17.2 Å². The van der Waals surface area contributed by atoms with Crippen LogP contribution in [0.1, 0.15) is 16.1 Å². The summed E-state index contributed by atoms with van der Waals surface area (Å²) in [5, 5.41) is 0.710. The highest BCUT2D eigenvalue weighted by Crippen LogP contribution is 2.21. The molecule has 1 saturated heterocycles. The number of nitrogens with one attached hydrogen (secondary N) is 1. The van der Waals surface area contributed by atoms with Gasteiger partial charge >= 0.3 is 0 Å². The lowest BCUT2D eigenvalue weighted by atomic mass is 10.2. The molecule has 1 aliphatic heterocycles. The van der Waals surface area contributed by atoms with Crippen LogP contribution in [0.2, 0.25) is 5.02 Å². The summed E-state index contributed by atoms with van der Waals surface area (Å²) in [5.41, 5.74) is 1.07. The predicted molar refractivity (Wildman–Crippen MR) is 138 cm³/mol. The molecule has 1 aromatic heterocycles. The van der Waals surface area contributed by atoms with E-state index in [1.807, 2.05) is 19.1 Å². The number of benzene rings is 2. The average molecular weight is 560 g/mol. The van der Waals surface area contributed by atoms with Gasteiger partial charge in [0.05, 0.1) is 11.2 Å². The third-order valence-electron chi connectivity index (χ3n) is 6.01. The molecule has 200 valence electrons. The van der Waals surface area contributed by atoms with Gasteiger partial charge < -0.3 is 24.3 Å². The van der Waals surface area contributed by atoms with Gasteiger partial charge in [-0.05, 0) is 55.5 Å². The summed E-state index contributed by atoms with van der Waals surface area (Å²) in [4.78, 5) is 41.4. The van der Waals surface area contributed by atoms with Crippen molar-refractivity contribution < 1.29 is 32.0 Å². The largest absolute Gasteiger partial charge is 0.484 e. The molecule has 1 unspecified atom stereocenters. The number of furan rings is 1. The van der Waals surface area contributed by atoms with E-state index in [1.54, 1.807) is 17.0 Å². The van der Waals surface area contributed by atoms with Crippen LogP contribution in [0.5, 0.6) is 5.75 Å². The smallest absolute Gasteiger partial charge is 0.288 e. The van der Waals surface area contributed by atoms with E-state index < -0.39 is 27.0 Å². The van der Waals surface area contributed by atoms with Gasteiger partial charge in [-0.1, -0.05) is 29.3 Å². The Labute approximate surface area is 225 Å². The molecule has 4 rings (SSSR count). The Morgan fingerprint density at radius 3 is 2.21 bits per heavy atom. The van der Waals surface area contributed by atoms with Crippen LogP contribution in [-0.2, 0) is 19.4 Å². The first-order valence-electron chi connectivity index (χ1n) is 11.7. The Bertz CT molecular complexity index is 1380. The third kappa shape index (κ3) is 6.35. The standard InChI is InChI=1S/C26H26ClN3O7S/c1-18-4-8-20(9-5-18)37-17-23(31)29-12-14-30(15-13-29)26(33)25(28-24(32)22-3-2-16-36-22)38(34,35)21-10-6-19(27)7-11-21/h2-11,16,25H,12-15,17H2,1H3,(H,28,32). The SMILES string of the molecule is Cc1ccc(OCC(=O)N2CCN(C(=O)C(NC(=O)c3ccco3)S(=O)(=O)c3ccc(Cl)cc3)CC2)cc1. The molecule has 1 aliphatic rings. The van der Waals surface area contributed by atoms with Gasteiger partial charge in [0.25, 0.3) is 17.7 Å². The lowest BCUT2D eigenvalue weighted by Gasteiger charge is -2.36. The molecule has 12 heteroatoms. The van der Waals surface area contributed by atoms with Crippen LogP contribution < -0.4 is 10.1 Å². The van der Waals surface area contributed by atoms with Crippen molar-refractivity contribution in [2.75, 3.05) is 32.8 Å². The maximum atomic E-state index is 13.5. The number of aryl methyl sites for hydroxylation is 1. The molecule has 38 heavy (non-hydrogen) atoms. The van der Waals surface area contributed by atoms with E-state index in [9.17, 15) is 22.8 Å². The minimum Gasteiger partial charge on any atom is -0.484 e. The van der Waals surface area contributed by atoms with Gasteiger partial charge in [-0.25, -0.2) is 8.42 Å². The number of sulfone groups is 1. The molecule has 1 atom stereocenters. The van der Waals surface area contributed by atoms with E-state index in [0.29, 0.717) is 10.8 Å². The summed E-state index contributed by atoms with van der Waals surface area (Å²) in [6, 6.07) is 15.4. The summed E-state index contributed by atoms with van der Waals surface area (Å²) >= 11 is 5.89. The summed E-state index contributed by atoms with van der Waals surface area (Å²) in [5.74, 6) is -1.50. The summed E-state index contributed by atoms with van der Waals surface area (Å²) in [7, 11) is -4.35. The molecule has 0 bridgehead atoms. The molecule has 0 spiro atoms. The number of piperazine rings is 1. The second-order valence-electron chi connectivity index (χ2n) is 8.64. The fraction of sp³-hybridized carbons (Fsp3) is 0.269. The first-order chi connectivity index (χ1) is 18.1. The molecule has 2 heterocycles. The van der Waals surface area contributed by atoms with E-state index in [0.717, 1.165) is 5.56 Å². The predicted octanol–water partition coefficient (Wildman–Crippen LogP) is 2.52. The Morgan fingerprint density at radius 1 is 0.974 bits per heavy atom. The monoisotopic (exact) mass is 559 g/mol. The maximum Gasteiger partial charge on any atom is 0.288 e. The molecular formula is C26H26ClN3O7S. The zero-order valence-corrected chi connectivity index (χ0v) is 22.1. The molecule has 0 saturated carbocycles. The van der Waals surface area contributed by atoms with Crippen LogP contribution >= 0.6 is 11.6 Å². The van der Waals surface area contributed by atoms with E-state index in [4.69, 9.17) is 20.8 Å². The van der Waals surface area contributed by atoms with Crippen LogP contribution in [0.25, 0.3) is 0 Å². The number of rotatable bonds is 8. The van der Waals surface area contributed by atoms with E-state index in [2.05, 4.69) is 5.32 Å². The molecule has 3 amide bonds. The van der Waals surface area contributed by atoms with E-state index >= 15 is 0 Å². The lowest BCUT2D eigenvalue weighted by Crippen LogP contribution is -2.58. The zero-order chi connectivity index (χ0) is 27.3. The number of amides is 3. The fourth-order valence-electron chi connectivity index (χ4n) is 3.84. The Morgan fingerprint density at radius 2 is 1.61 bits per heavy atom. The third-order valence-corrected chi connectivity index (χ3v) is 8.13.